The van der Waals surface area contributed by atoms with Gasteiger partial charge in [-0.25, -0.2) is 4.98 Å². The third-order valence-electron chi connectivity index (χ3n) is 13.2. The molecule has 0 saturated carbocycles. The molecule has 2 aromatic heterocycles. The maximum Gasteiger partial charge on any atom is 0.234 e. The first-order chi connectivity index (χ1) is 31.7. The van der Waals surface area contributed by atoms with Crippen molar-refractivity contribution in [3.05, 3.63) is 230 Å². The molecule has 300 valence electrons. The van der Waals surface area contributed by atoms with E-state index in [9.17, 15) is 0 Å². The number of allylic oxidation sites excluding steroid dienone is 2. The second kappa shape index (κ2) is 14.6. The van der Waals surface area contributed by atoms with Crippen LogP contribution in [0.4, 0.5) is 11.6 Å². The molecular formula is C59H39N5. The van der Waals surface area contributed by atoms with E-state index in [1.807, 2.05) is 0 Å². The van der Waals surface area contributed by atoms with Crippen LogP contribution < -0.4 is 4.90 Å². The summed E-state index contributed by atoms with van der Waals surface area (Å²) in [4.78, 5) is 18.3. The molecule has 11 aromatic rings. The molecule has 13 rings (SSSR count). The van der Waals surface area contributed by atoms with Crippen LogP contribution in [0.15, 0.2) is 224 Å². The molecule has 0 bridgehead atoms. The van der Waals surface area contributed by atoms with E-state index in [1.165, 1.54) is 49.6 Å². The maximum absolute atomic E-state index is 5.37. The summed E-state index contributed by atoms with van der Waals surface area (Å²) >= 11 is 0. The van der Waals surface area contributed by atoms with Crippen LogP contribution >= 0.6 is 0 Å². The Balaban J connectivity index is 0.942. The van der Waals surface area contributed by atoms with Gasteiger partial charge in [-0.2, -0.15) is 9.97 Å². The van der Waals surface area contributed by atoms with Crippen LogP contribution in [0.5, 0.6) is 0 Å². The van der Waals surface area contributed by atoms with Crippen LogP contribution in [0.25, 0.3) is 94.1 Å². The summed E-state index contributed by atoms with van der Waals surface area (Å²) in [5.74, 6) is 2.05. The van der Waals surface area contributed by atoms with Gasteiger partial charge in [0.25, 0.3) is 0 Å². The number of anilines is 2. The van der Waals surface area contributed by atoms with Crippen LogP contribution in [0.3, 0.4) is 0 Å². The van der Waals surface area contributed by atoms with Gasteiger partial charge in [-0.05, 0) is 91.8 Å². The van der Waals surface area contributed by atoms with Crippen molar-refractivity contribution in [2.75, 3.05) is 4.90 Å². The van der Waals surface area contributed by atoms with E-state index in [0.29, 0.717) is 17.6 Å². The molecule has 0 fully saturated rings. The highest BCUT2D eigenvalue weighted by Crippen LogP contribution is 2.49. The summed E-state index contributed by atoms with van der Waals surface area (Å²) in [5, 5.41) is 6.97. The topological polar surface area (TPSA) is 46.8 Å². The van der Waals surface area contributed by atoms with Gasteiger partial charge in [0, 0.05) is 39.2 Å². The molecular weight excluding hydrogens is 779 g/mol. The van der Waals surface area contributed by atoms with Gasteiger partial charge in [-0.1, -0.05) is 182 Å². The number of fused-ring (bicyclic) bond motifs is 8. The Kier molecular flexibility index (Phi) is 8.28. The fraction of sp³-hybridized carbons (Fsp3) is 0.0339. The first kappa shape index (κ1) is 36.3. The Labute approximate surface area is 370 Å². The fourth-order valence-corrected chi connectivity index (χ4v) is 10.2. The van der Waals surface area contributed by atoms with E-state index in [2.05, 4.69) is 234 Å². The molecule has 9 aromatic carbocycles. The van der Waals surface area contributed by atoms with Crippen LogP contribution in [0, 0.1) is 0 Å². The Morgan fingerprint density at radius 1 is 0.391 bits per heavy atom. The largest absolute Gasteiger partial charge is 0.309 e. The van der Waals surface area contributed by atoms with Gasteiger partial charge in [0.2, 0.25) is 5.95 Å². The van der Waals surface area contributed by atoms with Crippen molar-refractivity contribution in [1.82, 2.24) is 19.5 Å². The molecule has 5 heteroatoms. The molecule has 2 unspecified atom stereocenters. The first-order valence-electron chi connectivity index (χ1n) is 21.9. The monoisotopic (exact) mass is 817 g/mol. The Bertz CT molecular complexity index is 3590. The van der Waals surface area contributed by atoms with Gasteiger partial charge in [0.15, 0.2) is 11.6 Å². The average Bonchev–Trinajstić information content (AvgIpc) is 3.88. The van der Waals surface area contributed by atoms with Crippen molar-refractivity contribution in [3.8, 4) is 50.7 Å². The minimum absolute atomic E-state index is 0.00730. The molecule has 64 heavy (non-hydrogen) atoms. The SMILES string of the molecule is C1=CC2c3cc(-c4ccc5c(c4)c4ccccc4n5-c4ccc(-c5ccccc5)cc4)ccc3N(c3nc(-c4cccc5ccccc45)nc(-c4cccc5ccccc45)n3)C2C=C1. The minimum atomic E-state index is -0.00730. The predicted octanol–water partition coefficient (Wildman–Crippen LogP) is 14.7. The number of hydrogen-bond donors (Lipinski definition) is 0. The van der Waals surface area contributed by atoms with Gasteiger partial charge in [0.05, 0.1) is 17.1 Å². The molecule has 0 radical (unpaired) electrons. The number of rotatable bonds is 6. The lowest BCUT2D eigenvalue weighted by atomic mass is 9.89. The molecule has 3 heterocycles. The first-order valence-corrected chi connectivity index (χ1v) is 21.9. The van der Waals surface area contributed by atoms with Crippen LogP contribution in [0.2, 0.25) is 0 Å². The highest BCUT2D eigenvalue weighted by Gasteiger charge is 2.39. The number of aromatic nitrogens is 4. The van der Waals surface area contributed by atoms with Gasteiger partial charge in [-0.15, -0.1) is 0 Å². The van der Waals surface area contributed by atoms with Gasteiger partial charge < -0.3 is 9.47 Å². The van der Waals surface area contributed by atoms with Crippen LogP contribution in [0.1, 0.15) is 11.5 Å². The summed E-state index contributed by atoms with van der Waals surface area (Å²) in [6.07, 6.45) is 8.94. The van der Waals surface area contributed by atoms with E-state index in [4.69, 9.17) is 15.0 Å². The number of benzene rings is 9. The molecule has 0 saturated heterocycles. The highest BCUT2D eigenvalue weighted by atomic mass is 15.3. The number of hydrogen-bond acceptors (Lipinski definition) is 4. The summed E-state index contributed by atoms with van der Waals surface area (Å²) < 4.78 is 2.39. The van der Waals surface area contributed by atoms with Crippen LogP contribution in [-0.2, 0) is 0 Å². The lowest BCUT2D eigenvalue weighted by Crippen LogP contribution is -2.30. The van der Waals surface area contributed by atoms with Crippen LogP contribution in [-0.4, -0.2) is 25.6 Å². The smallest absolute Gasteiger partial charge is 0.234 e. The van der Waals surface area contributed by atoms with E-state index < -0.39 is 0 Å². The van der Waals surface area contributed by atoms with Crippen molar-refractivity contribution in [1.29, 1.82) is 0 Å². The standard InChI is InChI=1S/C59H39N5/c1-2-14-38(15-3-1)39-28-32-44(33-29-39)63-53-26-10-8-22-47(53)51-36-42(30-34-55(51)63)43-31-35-56-52(37-43)48-23-9-11-27-54(48)64(56)59-61-57(49-24-12-18-40-16-4-6-20-45(40)49)60-58(62-59)50-25-13-19-41-17-5-7-21-46(41)50/h1-37,48,54H. The number of nitrogens with zero attached hydrogens (tertiary/aromatic N) is 5. The lowest BCUT2D eigenvalue weighted by Gasteiger charge is -2.27. The Hall–Kier alpha value is -8.41. The molecule has 2 aliphatic rings. The third-order valence-corrected chi connectivity index (χ3v) is 13.2. The van der Waals surface area contributed by atoms with E-state index >= 15 is 0 Å². The summed E-state index contributed by atoms with van der Waals surface area (Å²) in [7, 11) is 0. The fourth-order valence-electron chi connectivity index (χ4n) is 10.2. The van der Waals surface area contributed by atoms with Gasteiger partial charge >= 0.3 is 0 Å². The Morgan fingerprint density at radius 2 is 0.953 bits per heavy atom. The molecule has 0 amide bonds. The molecule has 1 aliphatic carbocycles. The van der Waals surface area contributed by atoms with E-state index in [0.717, 1.165) is 44.0 Å². The molecule has 2 atom stereocenters. The second-order valence-electron chi connectivity index (χ2n) is 16.8. The second-order valence-corrected chi connectivity index (χ2v) is 16.8. The Morgan fingerprint density at radius 3 is 1.69 bits per heavy atom. The van der Waals surface area contributed by atoms with Crippen molar-refractivity contribution < 1.29 is 0 Å². The number of para-hydroxylation sites is 1. The van der Waals surface area contributed by atoms with Crippen molar-refractivity contribution >= 4 is 55.0 Å². The normalized spacial score (nSPS) is 15.3. The highest BCUT2D eigenvalue weighted by molar-refractivity contribution is 6.10. The van der Waals surface area contributed by atoms with Crippen molar-refractivity contribution in [2.24, 2.45) is 0 Å². The molecule has 1 aliphatic heterocycles. The lowest BCUT2D eigenvalue weighted by molar-refractivity contribution is 0.728. The maximum atomic E-state index is 5.37. The zero-order valence-corrected chi connectivity index (χ0v) is 34.8. The van der Waals surface area contributed by atoms with Crippen molar-refractivity contribution in [3.63, 3.8) is 0 Å². The average molecular weight is 818 g/mol. The zero-order valence-electron chi connectivity index (χ0n) is 34.8. The quantitative estimate of drug-likeness (QED) is 0.168. The third kappa shape index (κ3) is 5.82. The van der Waals surface area contributed by atoms with E-state index in [-0.39, 0.29) is 12.0 Å². The zero-order chi connectivity index (χ0) is 42.1. The summed E-state index contributed by atoms with van der Waals surface area (Å²) in [6.45, 7) is 0. The molecule has 5 nitrogen and oxygen atoms in total. The van der Waals surface area contributed by atoms with E-state index in [1.54, 1.807) is 0 Å². The van der Waals surface area contributed by atoms with Gasteiger partial charge in [-0.3, -0.25) is 0 Å². The minimum Gasteiger partial charge on any atom is -0.309 e. The molecule has 0 N–H and O–H groups in total. The predicted molar refractivity (Wildman–Crippen MR) is 264 cm³/mol. The van der Waals surface area contributed by atoms with Crippen molar-refractivity contribution in [2.45, 2.75) is 12.0 Å². The molecule has 0 spiro atoms. The summed E-state index contributed by atoms with van der Waals surface area (Å²) in [6, 6.07) is 71.7. The summed E-state index contributed by atoms with van der Waals surface area (Å²) in [5.41, 5.74) is 12.6. The van der Waals surface area contributed by atoms with Gasteiger partial charge in [0.1, 0.15) is 0 Å².